The Kier molecular flexibility index (Phi) is 9.29. The Bertz CT molecular complexity index is 1790. The molecule has 1 atom stereocenters. The van der Waals surface area contributed by atoms with Gasteiger partial charge in [0, 0.05) is 21.8 Å². The molecule has 5 aromatic rings. The first-order valence-electron chi connectivity index (χ1n) is 13.6. The molecule has 0 fully saturated rings. The highest BCUT2D eigenvalue weighted by Gasteiger charge is 2.17. The Morgan fingerprint density at radius 1 is 0.721 bits per heavy atom. The fourth-order valence-electron chi connectivity index (χ4n) is 4.25. The summed E-state index contributed by atoms with van der Waals surface area (Å²) in [4.78, 5) is 39.7. The lowest BCUT2D eigenvalue weighted by molar-refractivity contribution is -0.115. The molecular weight excluding hydrogens is 561 g/mol. The Morgan fingerprint density at radius 3 is 2.09 bits per heavy atom. The zero-order valence-corrected chi connectivity index (χ0v) is 24.0. The van der Waals surface area contributed by atoms with Crippen molar-refractivity contribution in [3.05, 3.63) is 144 Å². The van der Waals surface area contributed by atoms with Crippen molar-refractivity contribution in [2.45, 2.75) is 17.1 Å². The first-order chi connectivity index (χ1) is 20.8. The van der Waals surface area contributed by atoms with Gasteiger partial charge in [0.25, 0.3) is 11.8 Å². The predicted octanol–water partition coefficient (Wildman–Crippen LogP) is 7.51. The third-order valence-electron chi connectivity index (χ3n) is 6.52. The summed E-state index contributed by atoms with van der Waals surface area (Å²) in [6.45, 7) is 1.83. The highest BCUT2D eigenvalue weighted by Crippen LogP contribution is 2.27. The second-order valence-electron chi connectivity index (χ2n) is 9.72. The Balaban J connectivity index is 1.23. The molecule has 0 aliphatic rings. The molecule has 0 radical (unpaired) electrons. The Labute approximate surface area is 253 Å². The molecule has 3 amide bonds. The number of fused-ring (bicyclic) bond motifs is 1. The van der Waals surface area contributed by atoms with Gasteiger partial charge in [0.15, 0.2) is 0 Å². The van der Waals surface area contributed by atoms with E-state index in [2.05, 4.69) is 16.0 Å². The predicted molar refractivity (Wildman–Crippen MR) is 171 cm³/mol. The monoisotopic (exact) mass is 589 g/mol. The molecule has 3 N–H and O–H groups in total. The Morgan fingerprint density at radius 2 is 1.37 bits per heavy atom. The molecule has 0 aliphatic carbocycles. The average molecular weight is 590 g/mol. The molecule has 5 rings (SSSR count). The summed E-state index contributed by atoms with van der Waals surface area (Å²) >= 11 is 1.39. The molecule has 0 saturated carbocycles. The van der Waals surface area contributed by atoms with Gasteiger partial charge in [-0.1, -0.05) is 60.7 Å². The number of halogens is 1. The topological polar surface area (TPSA) is 87.3 Å². The van der Waals surface area contributed by atoms with Crippen LogP contribution in [0.4, 0.5) is 15.8 Å². The van der Waals surface area contributed by atoms with Gasteiger partial charge in [0.05, 0.1) is 5.25 Å². The first kappa shape index (κ1) is 29.3. The third kappa shape index (κ3) is 7.96. The Hall–Kier alpha value is -5.21. The fraction of sp³-hybridized carbons (Fsp3) is 0.0571. The van der Waals surface area contributed by atoms with Gasteiger partial charge in [-0.25, -0.2) is 4.39 Å². The zero-order valence-electron chi connectivity index (χ0n) is 23.2. The molecule has 0 spiro atoms. The number of rotatable bonds is 9. The highest BCUT2D eigenvalue weighted by molar-refractivity contribution is 8.00. The van der Waals surface area contributed by atoms with Crippen molar-refractivity contribution in [3.63, 3.8) is 0 Å². The standard InChI is InChI=1S/C35H28FN3O3S/c1-23(33(40)38-30-16-13-25-7-5-6-10-27(25)22-30)43-31-19-17-29(18-20-31)37-35(42)32(21-24-11-14-28(36)15-12-24)39-34(41)26-8-3-2-4-9-26/h2-23H,1H3,(H,37,42)(H,38,40)(H,39,41)/b32-21-. The second-order valence-corrected chi connectivity index (χ2v) is 11.1. The van der Waals surface area contributed by atoms with E-state index in [1.807, 2.05) is 61.5 Å². The van der Waals surface area contributed by atoms with E-state index >= 15 is 0 Å². The smallest absolute Gasteiger partial charge is 0.272 e. The summed E-state index contributed by atoms with van der Waals surface area (Å²) < 4.78 is 13.4. The molecule has 0 saturated heterocycles. The lowest BCUT2D eigenvalue weighted by atomic mass is 10.1. The van der Waals surface area contributed by atoms with Crippen molar-refractivity contribution in [2.24, 2.45) is 0 Å². The van der Waals surface area contributed by atoms with Gasteiger partial charge in [0.2, 0.25) is 5.91 Å². The molecule has 43 heavy (non-hydrogen) atoms. The number of benzene rings is 5. The van der Waals surface area contributed by atoms with E-state index in [4.69, 9.17) is 0 Å². The molecule has 0 heterocycles. The van der Waals surface area contributed by atoms with E-state index in [0.29, 0.717) is 16.8 Å². The van der Waals surface area contributed by atoms with Crippen LogP contribution in [0.5, 0.6) is 0 Å². The van der Waals surface area contributed by atoms with Crippen molar-refractivity contribution >= 4 is 57.7 Å². The average Bonchev–Trinajstić information content (AvgIpc) is 3.03. The molecule has 6 nitrogen and oxygen atoms in total. The number of nitrogens with one attached hydrogen (secondary N) is 3. The highest BCUT2D eigenvalue weighted by atomic mass is 32.2. The number of carbonyl (C=O) groups excluding carboxylic acids is 3. The van der Waals surface area contributed by atoms with E-state index in [1.54, 1.807) is 42.5 Å². The molecule has 1 unspecified atom stereocenters. The number of thioether (sulfide) groups is 1. The molecule has 8 heteroatoms. The van der Waals surface area contributed by atoms with Crippen LogP contribution in [0.3, 0.4) is 0 Å². The SMILES string of the molecule is CC(Sc1ccc(NC(=O)/C(=C/c2ccc(F)cc2)NC(=O)c2ccccc2)cc1)C(=O)Nc1ccc2ccccc2c1. The summed E-state index contributed by atoms with van der Waals surface area (Å²) in [7, 11) is 0. The quantitative estimate of drug-likeness (QED) is 0.123. The van der Waals surface area contributed by atoms with E-state index in [9.17, 15) is 18.8 Å². The number of amides is 3. The largest absolute Gasteiger partial charge is 0.325 e. The van der Waals surface area contributed by atoms with Crippen LogP contribution in [0.15, 0.2) is 132 Å². The molecule has 0 aromatic heterocycles. The maximum absolute atomic E-state index is 13.4. The van der Waals surface area contributed by atoms with Crippen LogP contribution in [0.1, 0.15) is 22.8 Å². The number of hydrogen-bond donors (Lipinski definition) is 3. The van der Waals surface area contributed by atoms with Gasteiger partial charge in [0.1, 0.15) is 11.5 Å². The lowest BCUT2D eigenvalue weighted by Gasteiger charge is -2.14. The van der Waals surface area contributed by atoms with Crippen molar-refractivity contribution in [1.29, 1.82) is 0 Å². The summed E-state index contributed by atoms with van der Waals surface area (Å²) in [5.41, 5.74) is 2.17. The lowest BCUT2D eigenvalue weighted by Crippen LogP contribution is -2.30. The molecular formula is C35H28FN3O3S. The molecule has 0 aliphatic heterocycles. The van der Waals surface area contributed by atoms with Crippen LogP contribution >= 0.6 is 11.8 Å². The number of anilines is 2. The molecule has 214 valence electrons. The van der Waals surface area contributed by atoms with Crippen LogP contribution in [-0.2, 0) is 9.59 Å². The number of hydrogen-bond acceptors (Lipinski definition) is 4. The normalized spacial score (nSPS) is 11.9. The van der Waals surface area contributed by atoms with E-state index < -0.39 is 17.6 Å². The van der Waals surface area contributed by atoms with Crippen molar-refractivity contribution in [1.82, 2.24) is 5.32 Å². The van der Waals surface area contributed by atoms with Crippen LogP contribution in [0, 0.1) is 5.82 Å². The van der Waals surface area contributed by atoms with Gasteiger partial charge >= 0.3 is 0 Å². The van der Waals surface area contributed by atoms with Gasteiger partial charge < -0.3 is 16.0 Å². The minimum atomic E-state index is -0.544. The maximum atomic E-state index is 13.4. The second kappa shape index (κ2) is 13.6. The van der Waals surface area contributed by atoms with Crippen molar-refractivity contribution < 1.29 is 18.8 Å². The van der Waals surface area contributed by atoms with Gasteiger partial charge in [-0.3, -0.25) is 14.4 Å². The van der Waals surface area contributed by atoms with Gasteiger partial charge in [-0.05, 0) is 90.0 Å². The number of carbonyl (C=O) groups is 3. The van der Waals surface area contributed by atoms with E-state index in [-0.39, 0.29) is 16.9 Å². The van der Waals surface area contributed by atoms with Crippen LogP contribution in [0.2, 0.25) is 0 Å². The van der Waals surface area contributed by atoms with Crippen LogP contribution < -0.4 is 16.0 Å². The van der Waals surface area contributed by atoms with Crippen molar-refractivity contribution in [3.8, 4) is 0 Å². The molecule has 5 aromatic carbocycles. The minimum Gasteiger partial charge on any atom is -0.325 e. The van der Waals surface area contributed by atoms with Crippen LogP contribution in [0.25, 0.3) is 16.8 Å². The zero-order chi connectivity index (χ0) is 30.2. The van der Waals surface area contributed by atoms with Gasteiger partial charge in [-0.2, -0.15) is 0 Å². The third-order valence-corrected chi connectivity index (χ3v) is 7.63. The summed E-state index contributed by atoms with van der Waals surface area (Å²) in [6.07, 6.45) is 1.48. The minimum absolute atomic E-state index is 0.00195. The van der Waals surface area contributed by atoms with Crippen molar-refractivity contribution in [2.75, 3.05) is 10.6 Å². The van der Waals surface area contributed by atoms with E-state index in [0.717, 1.165) is 21.4 Å². The summed E-state index contributed by atoms with van der Waals surface area (Å²) in [6, 6.07) is 35.0. The first-order valence-corrected chi connectivity index (χ1v) is 14.4. The molecule has 0 bridgehead atoms. The van der Waals surface area contributed by atoms with Gasteiger partial charge in [-0.15, -0.1) is 11.8 Å². The van der Waals surface area contributed by atoms with Crippen LogP contribution in [-0.4, -0.2) is 23.0 Å². The summed E-state index contributed by atoms with van der Waals surface area (Å²) in [5, 5.41) is 10.2. The van der Waals surface area contributed by atoms with E-state index in [1.165, 1.54) is 42.1 Å². The maximum Gasteiger partial charge on any atom is 0.272 e. The summed E-state index contributed by atoms with van der Waals surface area (Å²) in [5.74, 6) is -1.53. The fourth-order valence-corrected chi connectivity index (χ4v) is 5.12.